The fourth-order valence-corrected chi connectivity index (χ4v) is 1.17. The van der Waals surface area contributed by atoms with Gasteiger partial charge < -0.3 is 20.3 Å². The largest absolute Gasteiger partial charge is 0.476 e. The Morgan fingerprint density at radius 3 is 2.89 bits per heavy atom. The fourth-order valence-electron chi connectivity index (χ4n) is 1.17. The first-order chi connectivity index (χ1) is 8.63. The first kappa shape index (κ1) is 13.6. The Labute approximate surface area is 104 Å². The number of amides is 2. The van der Waals surface area contributed by atoms with Gasteiger partial charge in [0.2, 0.25) is 0 Å². The molecule has 0 aromatic carbocycles. The van der Waals surface area contributed by atoms with E-state index >= 15 is 0 Å². The highest BCUT2D eigenvalue weighted by molar-refractivity contribution is 5.84. The van der Waals surface area contributed by atoms with Crippen molar-refractivity contribution in [3.05, 3.63) is 18.2 Å². The van der Waals surface area contributed by atoms with E-state index in [0.29, 0.717) is 19.6 Å². The zero-order chi connectivity index (χ0) is 13.4. The highest BCUT2D eigenvalue weighted by Crippen LogP contribution is 1.95. The number of aromatic nitrogens is 2. The van der Waals surface area contributed by atoms with E-state index in [0.717, 1.165) is 0 Å². The summed E-state index contributed by atoms with van der Waals surface area (Å²) < 4.78 is 1.59. The molecule has 0 bridgehead atoms. The highest BCUT2D eigenvalue weighted by Gasteiger charge is 2.06. The van der Waals surface area contributed by atoms with Gasteiger partial charge in [0, 0.05) is 19.3 Å². The van der Waals surface area contributed by atoms with Crippen LogP contribution in [0.25, 0.3) is 0 Å². The third-order valence-corrected chi connectivity index (χ3v) is 2.02. The van der Waals surface area contributed by atoms with Crippen molar-refractivity contribution in [1.29, 1.82) is 0 Å². The Hall–Kier alpha value is -2.49. The molecule has 1 heterocycles. The summed E-state index contributed by atoms with van der Waals surface area (Å²) in [6, 6.07) is -0.309. The average molecular weight is 250 g/mol. The number of carbonyl (C=O) groups is 2. The third-order valence-electron chi connectivity index (χ3n) is 2.02. The van der Waals surface area contributed by atoms with Crippen LogP contribution in [0.4, 0.5) is 4.79 Å². The molecule has 0 spiro atoms. The van der Waals surface area contributed by atoms with E-state index in [1.54, 1.807) is 11.5 Å². The van der Waals surface area contributed by atoms with Crippen molar-refractivity contribution >= 4 is 12.0 Å². The van der Waals surface area contributed by atoms with Gasteiger partial charge >= 0.3 is 12.0 Å². The van der Waals surface area contributed by atoms with Crippen LogP contribution in [0.5, 0.6) is 0 Å². The quantitative estimate of drug-likeness (QED) is 0.636. The number of hydrogen-bond acceptors (Lipinski definition) is 3. The van der Waals surface area contributed by atoms with Crippen LogP contribution in [0.1, 0.15) is 17.4 Å². The first-order valence-electron chi connectivity index (χ1n) is 5.30. The molecule has 1 rings (SSSR count). The Bertz CT molecular complexity index is 484. The molecule has 0 saturated carbocycles. The molecule has 7 heteroatoms. The van der Waals surface area contributed by atoms with Crippen molar-refractivity contribution in [2.24, 2.45) is 0 Å². The predicted molar refractivity (Wildman–Crippen MR) is 64.0 cm³/mol. The van der Waals surface area contributed by atoms with Gasteiger partial charge in [-0.15, -0.1) is 5.92 Å². The minimum atomic E-state index is -1.07. The summed E-state index contributed by atoms with van der Waals surface area (Å²) in [7, 11) is 0. The molecule has 0 aliphatic heterocycles. The first-order valence-corrected chi connectivity index (χ1v) is 5.30. The minimum absolute atomic E-state index is 0.0160. The van der Waals surface area contributed by atoms with Crippen LogP contribution >= 0.6 is 0 Å². The normalized spacial score (nSPS) is 9.17. The van der Waals surface area contributed by atoms with E-state index in [1.165, 1.54) is 12.5 Å². The SMILES string of the molecule is CC#CCNC(=O)NCCn1cnc(C(=O)O)c1. The third kappa shape index (κ3) is 4.57. The van der Waals surface area contributed by atoms with Crippen molar-refractivity contribution in [3.8, 4) is 11.8 Å². The number of aromatic carboxylic acids is 1. The van der Waals surface area contributed by atoms with Crippen LogP contribution in [-0.2, 0) is 6.54 Å². The summed E-state index contributed by atoms with van der Waals surface area (Å²) in [5, 5.41) is 13.8. The number of imidazole rings is 1. The Kier molecular flexibility index (Phi) is 5.25. The van der Waals surface area contributed by atoms with E-state index in [1.807, 2.05) is 0 Å². The maximum atomic E-state index is 11.2. The molecule has 0 fully saturated rings. The van der Waals surface area contributed by atoms with Crippen molar-refractivity contribution in [2.75, 3.05) is 13.1 Å². The van der Waals surface area contributed by atoms with Gasteiger partial charge in [-0.25, -0.2) is 14.6 Å². The van der Waals surface area contributed by atoms with Crippen LogP contribution in [0.2, 0.25) is 0 Å². The molecular weight excluding hydrogens is 236 g/mol. The molecule has 2 amide bonds. The van der Waals surface area contributed by atoms with Crippen LogP contribution in [0.3, 0.4) is 0 Å². The van der Waals surface area contributed by atoms with Crippen molar-refractivity contribution < 1.29 is 14.7 Å². The molecule has 0 aliphatic carbocycles. The number of urea groups is 1. The molecule has 0 radical (unpaired) electrons. The number of nitrogens with one attached hydrogen (secondary N) is 2. The molecule has 18 heavy (non-hydrogen) atoms. The molecule has 0 saturated heterocycles. The van der Waals surface area contributed by atoms with Crippen molar-refractivity contribution in [2.45, 2.75) is 13.5 Å². The summed E-state index contributed by atoms with van der Waals surface area (Å²) in [5.41, 5.74) is -0.0160. The Morgan fingerprint density at radius 1 is 1.50 bits per heavy atom. The average Bonchev–Trinajstić information content (AvgIpc) is 2.78. The van der Waals surface area contributed by atoms with Gasteiger partial charge in [0.15, 0.2) is 5.69 Å². The van der Waals surface area contributed by atoms with E-state index in [-0.39, 0.29) is 11.7 Å². The topological polar surface area (TPSA) is 96.3 Å². The molecule has 1 aromatic rings. The van der Waals surface area contributed by atoms with E-state index in [4.69, 9.17) is 5.11 Å². The highest BCUT2D eigenvalue weighted by atomic mass is 16.4. The smallest absolute Gasteiger partial charge is 0.356 e. The zero-order valence-corrected chi connectivity index (χ0v) is 9.93. The lowest BCUT2D eigenvalue weighted by Gasteiger charge is -2.05. The molecule has 1 aromatic heterocycles. The van der Waals surface area contributed by atoms with Crippen LogP contribution in [0, 0.1) is 11.8 Å². The number of carboxylic acids is 1. The zero-order valence-electron chi connectivity index (χ0n) is 9.93. The van der Waals surface area contributed by atoms with Gasteiger partial charge in [-0.1, -0.05) is 5.92 Å². The summed E-state index contributed by atoms with van der Waals surface area (Å²) >= 11 is 0. The van der Waals surface area contributed by atoms with Gasteiger partial charge in [-0.05, 0) is 6.92 Å². The molecule has 0 aliphatic rings. The molecule has 96 valence electrons. The van der Waals surface area contributed by atoms with Gasteiger partial charge in [0.1, 0.15) is 0 Å². The summed E-state index contributed by atoms with van der Waals surface area (Å²) in [4.78, 5) is 25.5. The maximum absolute atomic E-state index is 11.2. The summed E-state index contributed by atoms with van der Waals surface area (Å²) in [5.74, 6) is 4.29. The van der Waals surface area contributed by atoms with E-state index in [9.17, 15) is 9.59 Å². The number of rotatable bonds is 5. The van der Waals surface area contributed by atoms with E-state index < -0.39 is 5.97 Å². The lowest BCUT2D eigenvalue weighted by Crippen LogP contribution is -2.37. The van der Waals surface area contributed by atoms with Gasteiger partial charge in [0.25, 0.3) is 0 Å². The number of nitrogens with zero attached hydrogens (tertiary/aromatic N) is 2. The Morgan fingerprint density at radius 2 is 2.28 bits per heavy atom. The van der Waals surface area contributed by atoms with Crippen LogP contribution < -0.4 is 10.6 Å². The summed E-state index contributed by atoms with van der Waals surface area (Å²) in [6.07, 6.45) is 2.82. The number of carboxylic acid groups (broad SMARTS) is 1. The molecule has 3 N–H and O–H groups in total. The monoisotopic (exact) mass is 250 g/mol. The minimum Gasteiger partial charge on any atom is -0.476 e. The molecule has 7 nitrogen and oxygen atoms in total. The Balaban J connectivity index is 2.25. The van der Waals surface area contributed by atoms with Crippen molar-refractivity contribution in [3.63, 3.8) is 0 Å². The standard InChI is InChI=1S/C11H14N4O3/c1-2-3-4-12-11(18)13-5-6-15-7-9(10(16)17)14-8-15/h7-8H,4-6H2,1H3,(H,16,17)(H2,12,13,18). The molecule has 0 atom stereocenters. The van der Waals surface area contributed by atoms with Gasteiger partial charge in [-0.3, -0.25) is 0 Å². The fraction of sp³-hybridized carbons (Fsp3) is 0.364. The van der Waals surface area contributed by atoms with Crippen LogP contribution in [0.15, 0.2) is 12.5 Å². The number of carbonyl (C=O) groups excluding carboxylic acids is 1. The molecular formula is C11H14N4O3. The second-order valence-electron chi connectivity index (χ2n) is 3.34. The lowest BCUT2D eigenvalue weighted by atomic mass is 10.5. The lowest BCUT2D eigenvalue weighted by molar-refractivity contribution is 0.0691. The summed E-state index contributed by atoms with van der Waals surface area (Å²) in [6.45, 7) is 2.82. The second kappa shape index (κ2) is 6.96. The van der Waals surface area contributed by atoms with Crippen LogP contribution in [-0.4, -0.2) is 39.7 Å². The predicted octanol–water partition coefficient (Wildman–Crippen LogP) is -0.0962. The maximum Gasteiger partial charge on any atom is 0.356 e. The van der Waals surface area contributed by atoms with Gasteiger partial charge in [0.05, 0.1) is 12.9 Å². The molecule has 0 unspecified atom stereocenters. The van der Waals surface area contributed by atoms with Crippen molar-refractivity contribution in [1.82, 2.24) is 20.2 Å². The second-order valence-corrected chi connectivity index (χ2v) is 3.34. The van der Waals surface area contributed by atoms with Gasteiger partial charge in [-0.2, -0.15) is 0 Å². The van der Waals surface area contributed by atoms with E-state index in [2.05, 4.69) is 27.5 Å². The number of hydrogen-bond donors (Lipinski definition) is 3.